The van der Waals surface area contributed by atoms with Crippen molar-refractivity contribution < 1.29 is 14.3 Å². The normalized spacial score (nSPS) is 16.7. The van der Waals surface area contributed by atoms with Crippen LogP contribution in [0.5, 0.6) is 11.5 Å². The van der Waals surface area contributed by atoms with Gasteiger partial charge < -0.3 is 14.8 Å². The van der Waals surface area contributed by atoms with Gasteiger partial charge in [-0.3, -0.25) is 4.79 Å². The van der Waals surface area contributed by atoms with E-state index in [-0.39, 0.29) is 11.9 Å². The van der Waals surface area contributed by atoms with Crippen LogP contribution in [-0.4, -0.2) is 25.7 Å². The number of para-hydroxylation sites is 2. The van der Waals surface area contributed by atoms with Gasteiger partial charge in [0.2, 0.25) is 5.91 Å². The van der Waals surface area contributed by atoms with Gasteiger partial charge in [0, 0.05) is 0 Å². The van der Waals surface area contributed by atoms with Gasteiger partial charge in [0.25, 0.3) is 0 Å². The molecule has 0 unspecified atom stereocenters. The van der Waals surface area contributed by atoms with E-state index in [0.717, 1.165) is 31.2 Å². The van der Waals surface area contributed by atoms with Crippen molar-refractivity contribution in [3.05, 3.63) is 60.2 Å². The minimum absolute atomic E-state index is 0.0893. The Morgan fingerprint density at radius 1 is 1.04 bits per heavy atom. The summed E-state index contributed by atoms with van der Waals surface area (Å²) < 4.78 is 11.2. The van der Waals surface area contributed by atoms with Gasteiger partial charge >= 0.3 is 0 Å². The molecule has 0 heterocycles. The molecule has 0 radical (unpaired) electrons. The molecular weight excluding hydrogens is 326 g/mol. The number of hydrogen-bond acceptors (Lipinski definition) is 3. The predicted octanol–water partition coefficient (Wildman–Crippen LogP) is 4.09. The highest BCUT2D eigenvalue weighted by Crippen LogP contribution is 2.41. The van der Waals surface area contributed by atoms with Gasteiger partial charge in [-0.15, -0.1) is 0 Å². The third kappa shape index (κ3) is 3.85. The number of nitrogens with one attached hydrogen (secondary N) is 1. The standard InChI is InChI=1S/C22H27NO3/c1-17(16-26-20-13-7-6-12-19(20)25-2)23-21(24)22(14-8-9-15-22)18-10-4-3-5-11-18/h3-7,10-13,17H,8-9,14-16H2,1-2H3,(H,23,24)/t17-/m0/s1. The second kappa shape index (κ2) is 8.26. The number of carbonyl (C=O) groups excluding carboxylic acids is 1. The largest absolute Gasteiger partial charge is 0.493 e. The van der Waals surface area contributed by atoms with Crippen molar-refractivity contribution in [2.24, 2.45) is 0 Å². The van der Waals surface area contributed by atoms with Gasteiger partial charge in [-0.25, -0.2) is 0 Å². The number of carbonyl (C=O) groups is 1. The number of rotatable bonds is 7. The molecule has 0 saturated heterocycles. The second-order valence-corrected chi connectivity index (χ2v) is 6.99. The van der Waals surface area contributed by atoms with Crippen LogP contribution in [0.1, 0.15) is 38.2 Å². The van der Waals surface area contributed by atoms with E-state index in [9.17, 15) is 4.79 Å². The van der Waals surface area contributed by atoms with Crippen molar-refractivity contribution in [3.63, 3.8) is 0 Å². The first kappa shape index (κ1) is 18.3. The first-order valence-corrected chi connectivity index (χ1v) is 9.28. The lowest BCUT2D eigenvalue weighted by Gasteiger charge is -2.30. The van der Waals surface area contributed by atoms with E-state index in [1.54, 1.807) is 7.11 Å². The Morgan fingerprint density at radius 3 is 2.31 bits per heavy atom. The maximum Gasteiger partial charge on any atom is 0.230 e. The van der Waals surface area contributed by atoms with Crippen LogP contribution in [0.15, 0.2) is 54.6 Å². The SMILES string of the molecule is COc1ccccc1OC[C@H](C)NC(=O)C1(c2ccccc2)CCCC1. The van der Waals surface area contributed by atoms with Crippen LogP contribution in [0, 0.1) is 0 Å². The lowest BCUT2D eigenvalue weighted by molar-refractivity contribution is -0.127. The molecule has 0 aliphatic heterocycles. The molecule has 3 rings (SSSR count). The number of hydrogen-bond donors (Lipinski definition) is 1. The van der Waals surface area contributed by atoms with Crippen LogP contribution in [0.3, 0.4) is 0 Å². The average Bonchev–Trinajstić information content (AvgIpc) is 3.18. The Morgan fingerprint density at radius 2 is 1.65 bits per heavy atom. The lowest BCUT2D eigenvalue weighted by Crippen LogP contribution is -2.47. The van der Waals surface area contributed by atoms with Gasteiger partial charge in [0.1, 0.15) is 6.61 Å². The van der Waals surface area contributed by atoms with E-state index in [4.69, 9.17) is 9.47 Å². The summed E-state index contributed by atoms with van der Waals surface area (Å²) in [5, 5.41) is 3.16. The van der Waals surface area contributed by atoms with Gasteiger partial charge in [-0.2, -0.15) is 0 Å². The molecule has 26 heavy (non-hydrogen) atoms. The first-order chi connectivity index (χ1) is 12.7. The monoisotopic (exact) mass is 353 g/mol. The minimum atomic E-state index is -0.403. The van der Waals surface area contributed by atoms with Crippen LogP contribution in [-0.2, 0) is 10.2 Å². The lowest BCUT2D eigenvalue weighted by atomic mass is 9.78. The first-order valence-electron chi connectivity index (χ1n) is 9.28. The van der Waals surface area contributed by atoms with E-state index < -0.39 is 5.41 Å². The zero-order valence-corrected chi connectivity index (χ0v) is 15.5. The van der Waals surface area contributed by atoms with Crippen molar-refractivity contribution in [1.29, 1.82) is 0 Å². The maximum atomic E-state index is 13.1. The fraction of sp³-hybridized carbons (Fsp3) is 0.409. The Kier molecular flexibility index (Phi) is 5.82. The van der Waals surface area contributed by atoms with Gasteiger partial charge in [-0.1, -0.05) is 55.3 Å². The van der Waals surface area contributed by atoms with Gasteiger partial charge in [-0.05, 0) is 37.5 Å². The molecule has 1 saturated carbocycles. The van der Waals surface area contributed by atoms with Crippen molar-refractivity contribution in [1.82, 2.24) is 5.32 Å². The summed E-state index contributed by atoms with van der Waals surface area (Å²) >= 11 is 0. The average molecular weight is 353 g/mol. The van der Waals surface area contributed by atoms with Crippen LogP contribution in [0.2, 0.25) is 0 Å². The van der Waals surface area contributed by atoms with Crippen LogP contribution in [0.4, 0.5) is 0 Å². The molecule has 1 aliphatic rings. The number of methoxy groups -OCH3 is 1. The van der Waals surface area contributed by atoms with Crippen molar-refractivity contribution in [2.75, 3.05) is 13.7 Å². The van der Waals surface area contributed by atoms with Crippen molar-refractivity contribution >= 4 is 5.91 Å². The summed E-state index contributed by atoms with van der Waals surface area (Å²) in [7, 11) is 1.62. The molecule has 0 bridgehead atoms. The molecule has 1 atom stereocenters. The van der Waals surface area contributed by atoms with E-state index in [2.05, 4.69) is 17.4 Å². The summed E-state index contributed by atoms with van der Waals surface area (Å²) in [6.45, 7) is 2.37. The maximum absolute atomic E-state index is 13.1. The molecule has 4 heteroatoms. The van der Waals surface area contributed by atoms with Crippen LogP contribution in [0.25, 0.3) is 0 Å². The van der Waals surface area contributed by atoms with Crippen molar-refractivity contribution in [3.8, 4) is 11.5 Å². The Bertz CT molecular complexity index is 723. The molecular formula is C22H27NO3. The molecule has 4 nitrogen and oxygen atoms in total. The quantitative estimate of drug-likeness (QED) is 0.815. The molecule has 0 spiro atoms. The topological polar surface area (TPSA) is 47.6 Å². The highest BCUT2D eigenvalue weighted by Gasteiger charge is 2.42. The fourth-order valence-corrected chi connectivity index (χ4v) is 3.74. The number of ether oxygens (including phenoxy) is 2. The molecule has 1 N–H and O–H groups in total. The molecule has 2 aromatic carbocycles. The Labute approximate surface area is 155 Å². The number of benzene rings is 2. The summed E-state index contributed by atoms with van der Waals surface area (Å²) in [6.07, 6.45) is 3.99. The molecule has 2 aromatic rings. The highest BCUT2D eigenvalue weighted by molar-refractivity contribution is 5.88. The summed E-state index contributed by atoms with van der Waals surface area (Å²) in [5.41, 5.74) is 0.716. The van der Waals surface area contributed by atoms with Crippen molar-refractivity contribution in [2.45, 2.75) is 44.1 Å². The van der Waals surface area contributed by atoms with Crippen LogP contribution < -0.4 is 14.8 Å². The molecule has 1 amide bonds. The molecule has 0 aromatic heterocycles. The van der Waals surface area contributed by atoms with Gasteiger partial charge in [0.05, 0.1) is 18.6 Å². The Hall–Kier alpha value is -2.49. The van der Waals surface area contributed by atoms with E-state index in [1.807, 2.05) is 49.4 Å². The zero-order valence-electron chi connectivity index (χ0n) is 15.5. The Balaban J connectivity index is 1.64. The molecule has 1 aliphatic carbocycles. The van der Waals surface area contributed by atoms with E-state index in [0.29, 0.717) is 18.1 Å². The van der Waals surface area contributed by atoms with E-state index in [1.165, 1.54) is 0 Å². The zero-order chi connectivity index (χ0) is 18.4. The van der Waals surface area contributed by atoms with Crippen LogP contribution >= 0.6 is 0 Å². The summed E-state index contributed by atoms with van der Waals surface area (Å²) in [4.78, 5) is 13.1. The fourth-order valence-electron chi connectivity index (χ4n) is 3.74. The summed E-state index contributed by atoms with van der Waals surface area (Å²) in [6, 6.07) is 17.6. The molecule has 138 valence electrons. The van der Waals surface area contributed by atoms with Gasteiger partial charge in [0.15, 0.2) is 11.5 Å². The summed E-state index contributed by atoms with van der Waals surface area (Å²) in [5.74, 6) is 1.50. The third-order valence-corrected chi connectivity index (χ3v) is 5.15. The smallest absolute Gasteiger partial charge is 0.230 e. The predicted molar refractivity (Wildman–Crippen MR) is 103 cm³/mol. The highest BCUT2D eigenvalue weighted by atomic mass is 16.5. The minimum Gasteiger partial charge on any atom is -0.493 e. The molecule has 1 fully saturated rings. The van der Waals surface area contributed by atoms with E-state index >= 15 is 0 Å². The second-order valence-electron chi connectivity index (χ2n) is 6.99. The third-order valence-electron chi connectivity index (χ3n) is 5.15. The number of amides is 1.